The average Bonchev–Trinajstić information content (AvgIpc) is 3.24. The smallest absolute Gasteiger partial charge is 0.261 e. The molecule has 25 heavy (non-hydrogen) atoms. The molecule has 1 aliphatic heterocycles. The molecule has 1 amide bonds. The van der Waals surface area contributed by atoms with Gasteiger partial charge in [-0.3, -0.25) is 9.78 Å². The van der Waals surface area contributed by atoms with Gasteiger partial charge in [-0.25, -0.2) is 9.97 Å². The lowest BCUT2D eigenvalue weighted by Crippen LogP contribution is -2.28. The second-order valence-electron chi connectivity index (χ2n) is 5.64. The third kappa shape index (κ3) is 3.39. The van der Waals surface area contributed by atoms with Crippen molar-refractivity contribution in [3.63, 3.8) is 0 Å². The minimum absolute atomic E-state index is 0.183. The molecule has 0 radical (unpaired) electrons. The Hall–Kier alpha value is -2.74. The van der Waals surface area contributed by atoms with Crippen molar-refractivity contribution in [2.75, 3.05) is 0 Å². The van der Waals surface area contributed by atoms with E-state index >= 15 is 0 Å². The fourth-order valence-corrected chi connectivity index (χ4v) is 2.97. The molecular weight excluding hydrogens is 386 g/mol. The highest BCUT2D eigenvalue weighted by Gasteiger charge is 2.36. The van der Waals surface area contributed by atoms with Crippen molar-refractivity contribution in [2.45, 2.75) is 18.6 Å². The van der Waals surface area contributed by atoms with E-state index in [9.17, 15) is 4.79 Å². The minimum atomic E-state index is -0.608. The van der Waals surface area contributed by atoms with Crippen LogP contribution in [0.15, 0.2) is 53.5 Å². The van der Waals surface area contributed by atoms with Crippen LogP contribution in [0.3, 0.4) is 0 Å². The van der Waals surface area contributed by atoms with Gasteiger partial charge in [0.15, 0.2) is 6.10 Å². The highest BCUT2D eigenvalue weighted by Crippen LogP contribution is 2.27. The Morgan fingerprint density at radius 1 is 1.12 bits per heavy atom. The molecule has 2 N–H and O–H groups in total. The fraction of sp³-hybridized carbons (Fsp3) is 0.176. The number of carbonyl (C=O) groups excluding carboxylic acids is 1. The van der Waals surface area contributed by atoms with Gasteiger partial charge >= 0.3 is 0 Å². The van der Waals surface area contributed by atoms with Crippen molar-refractivity contribution < 1.29 is 9.53 Å². The highest BCUT2D eigenvalue weighted by molar-refractivity contribution is 9.10. The van der Waals surface area contributed by atoms with Crippen LogP contribution in [0.5, 0.6) is 5.88 Å². The van der Waals surface area contributed by atoms with Gasteiger partial charge in [0.1, 0.15) is 5.82 Å². The zero-order chi connectivity index (χ0) is 17.2. The summed E-state index contributed by atoms with van der Waals surface area (Å²) in [5.74, 6) is 0.854. The molecule has 8 heteroatoms. The number of imidazole rings is 1. The molecule has 2 unspecified atom stereocenters. The molecule has 2 aromatic heterocycles. The predicted octanol–water partition coefficient (Wildman–Crippen LogP) is 2.64. The number of aromatic nitrogens is 4. The number of rotatable bonds is 4. The van der Waals surface area contributed by atoms with Crippen LogP contribution in [0, 0.1) is 0 Å². The molecule has 4 rings (SSSR count). The van der Waals surface area contributed by atoms with Crippen molar-refractivity contribution in [2.24, 2.45) is 0 Å². The quantitative estimate of drug-likeness (QED) is 0.703. The molecular formula is C17H14BrN5O2. The van der Waals surface area contributed by atoms with Crippen LogP contribution in [0.2, 0.25) is 0 Å². The molecule has 0 spiro atoms. The summed E-state index contributed by atoms with van der Waals surface area (Å²) in [6, 6.07) is 7.71. The maximum absolute atomic E-state index is 12.1. The second-order valence-corrected chi connectivity index (χ2v) is 6.55. The van der Waals surface area contributed by atoms with Gasteiger partial charge in [-0.2, -0.15) is 0 Å². The molecule has 1 saturated heterocycles. The Labute approximate surface area is 152 Å². The van der Waals surface area contributed by atoms with E-state index in [1.165, 1.54) is 12.4 Å². The third-order valence-corrected chi connectivity index (χ3v) is 4.47. The van der Waals surface area contributed by atoms with Crippen LogP contribution in [0.4, 0.5) is 0 Å². The maximum Gasteiger partial charge on any atom is 0.261 e. The van der Waals surface area contributed by atoms with Crippen molar-refractivity contribution in [3.05, 3.63) is 59.3 Å². The Bertz CT molecular complexity index is 882. The van der Waals surface area contributed by atoms with E-state index in [0.717, 1.165) is 15.7 Å². The number of H-pyrrole nitrogens is 1. The number of aromatic amines is 1. The van der Waals surface area contributed by atoms with Gasteiger partial charge in [0, 0.05) is 23.3 Å². The number of carbonyl (C=O) groups is 1. The summed E-state index contributed by atoms with van der Waals surface area (Å²) < 4.78 is 6.63. The largest absolute Gasteiger partial charge is 0.463 e. The van der Waals surface area contributed by atoms with Gasteiger partial charge in [0.25, 0.3) is 5.91 Å². The van der Waals surface area contributed by atoms with Gasteiger partial charge in [0.05, 0.1) is 24.1 Å². The van der Waals surface area contributed by atoms with Gasteiger partial charge in [0.2, 0.25) is 5.88 Å². The Morgan fingerprint density at radius 2 is 1.96 bits per heavy atom. The second kappa shape index (κ2) is 6.64. The first-order valence-electron chi connectivity index (χ1n) is 7.73. The number of hydrogen-bond acceptors (Lipinski definition) is 5. The molecule has 3 heterocycles. The molecule has 126 valence electrons. The third-order valence-electron chi connectivity index (χ3n) is 3.94. The van der Waals surface area contributed by atoms with E-state index < -0.39 is 6.10 Å². The minimum Gasteiger partial charge on any atom is -0.463 e. The zero-order valence-corrected chi connectivity index (χ0v) is 14.6. The number of amides is 1. The SMILES string of the molecule is O=C1NC(c2ncc(-c3ccc(Br)cc3)[nH]2)CC1Oc1cnccn1. The van der Waals surface area contributed by atoms with E-state index in [1.807, 2.05) is 24.3 Å². The first-order chi connectivity index (χ1) is 12.2. The summed E-state index contributed by atoms with van der Waals surface area (Å²) >= 11 is 3.42. The summed E-state index contributed by atoms with van der Waals surface area (Å²) in [5, 5.41) is 2.90. The monoisotopic (exact) mass is 399 g/mol. The molecule has 0 saturated carbocycles. The van der Waals surface area contributed by atoms with E-state index in [1.54, 1.807) is 12.4 Å². The van der Waals surface area contributed by atoms with Crippen LogP contribution < -0.4 is 10.1 Å². The number of ether oxygens (including phenoxy) is 1. The zero-order valence-electron chi connectivity index (χ0n) is 13.0. The lowest BCUT2D eigenvalue weighted by molar-refractivity contribution is -0.125. The maximum atomic E-state index is 12.1. The summed E-state index contributed by atoms with van der Waals surface area (Å²) in [4.78, 5) is 27.8. The molecule has 1 aromatic carbocycles. The average molecular weight is 400 g/mol. The lowest BCUT2D eigenvalue weighted by atomic mass is 10.2. The van der Waals surface area contributed by atoms with Crippen LogP contribution in [-0.2, 0) is 4.79 Å². The molecule has 2 atom stereocenters. The number of hydrogen-bond donors (Lipinski definition) is 2. The van der Waals surface area contributed by atoms with E-state index in [-0.39, 0.29) is 11.9 Å². The van der Waals surface area contributed by atoms with E-state index in [4.69, 9.17) is 4.74 Å². The molecule has 7 nitrogen and oxygen atoms in total. The van der Waals surface area contributed by atoms with Crippen LogP contribution in [0.1, 0.15) is 18.3 Å². The van der Waals surface area contributed by atoms with Crippen molar-refractivity contribution in [3.8, 4) is 17.1 Å². The molecule has 1 aliphatic rings. The predicted molar refractivity (Wildman–Crippen MR) is 93.7 cm³/mol. The number of halogens is 1. The van der Waals surface area contributed by atoms with Crippen LogP contribution in [-0.4, -0.2) is 31.9 Å². The summed E-state index contributed by atoms with van der Waals surface area (Å²) in [6.07, 6.45) is 6.19. The number of nitrogens with zero attached hydrogens (tertiary/aromatic N) is 3. The van der Waals surface area contributed by atoms with Crippen LogP contribution >= 0.6 is 15.9 Å². The van der Waals surface area contributed by atoms with E-state index in [2.05, 4.69) is 41.2 Å². The Morgan fingerprint density at radius 3 is 2.72 bits per heavy atom. The first kappa shape index (κ1) is 15.8. The standard InChI is InChI=1S/C17H14BrN5O2/c18-11-3-1-10(2-4-11)13-8-21-16(22-13)12-7-14(17(24)23-12)25-15-9-19-5-6-20-15/h1-6,8-9,12,14H,7H2,(H,21,22)(H,23,24). The van der Waals surface area contributed by atoms with Crippen LogP contribution in [0.25, 0.3) is 11.3 Å². The van der Waals surface area contributed by atoms with Crippen molar-refractivity contribution in [1.29, 1.82) is 0 Å². The Kier molecular flexibility index (Phi) is 4.19. The molecule has 3 aromatic rings. The fourth-order valence-electron chi connectivity index (χ4n) is 2.71. The normalized spacial score (nSPS) is 19.6. The highest BCUT2D eigenvalue weighted by atomic mass is 79.9. The number of nitrogens with one attached hydrogen (secondary N) is 2. The summed E-state index contributed by atoms with van der Waals surface area (Å²) in [6.45, 7) is 0. The first-order valence-corrected chi connectivity index (χ1v) is 8.52. The topological polar surface area (TPSA) is 92.8 Å². The molecule has 0 bridgehead atoms. The van der Waals surface area contributed by atoms with Gasteiger partial charge < -0.3 is 15.0 Å². The Balaban J connectivity index is 1.48. The van der Waals surface area contributed by atoms with Gasteiger partial charge in [-0.1, -0.05) is 28.1 Å². The number of benzene rings is 1. The summed E-state index contributed by atoms with van der Waals surface area (Å²) in [5.41, 5.74) is 1.92. The van der Waals surface area contributed by atoms with Gasteiger partial charge in [-0.15, -0.1) is 0 Å². The molecule has 1 fully saturated rings. The van der Waals surface area contributed by atoms with Crippen molar-refractivity contribution in [1.82, 2.24) is 25.3 Å². The van der Waals surface area contributed by atoms with Gasteiger partial charge in [-0.05, 0) is 17.7 Å². The van der Waals surface area contributed by atoms with Crippen molar-refractivity contribution >= 4 is 21.8 Å². The summed E-state index contributed by atoms with van der Waals surface area (Å²) in [7, 11) is 0. The molecule has 0 aliphatic carbocycles. The lowest BCUT2D eigenvalue weighted by Gasteiger charge is -2.09. The van der Waals surface area contributed by atoms with E-state index in [0.29, 0.717) is 18.1 Å².